The normalized spacial score (nSPS) is 17.5. The van der Waals surface area contributed by atoms with Gasteiger partial charge in [-0.1, -0.05) is 0 Å². The van der Waals surface area contributed by atoms with E-state index in [2.05, 4.69) is 9.88 Å². The van der Waals surface area contributed by atoms with Gasteiger partial charge in [0, 0.05) is 30.9 Å². The number of nitrogens with zero attached hydrogens (tertiary/aromatic N) is 5. The van der Waals surface area contributed by atoms with Crippen molar-refractivity contribution in [2.24, 2.45) is 0 Å². The molecule has 2 aromatic heterocycles. The lowest BCUT2D eigenvalue weighted by Crippen LogP contribution is -2.30. The van der Waals surface area contributed by atoms with E-state index in [9.17, 15) is 9.18 Å². The number of carbonyl (C=O) groups is 1. The second-order valence-corrected chi connectivity index (χ2v) is 8.82. The van der Waals surface area contributed by atoms with Gasteiger partial charge in [0.2, 0.25) is 5.88 Å². The van der Waals surface area contributed by atoms with Gasteiger partial charge in [-0.3, -0.25) is 9.69 Å². The van der Waals surface area contributed by atoms with Gasteiger partial charge in [-0.15, -0.1) is 0 Å². The number of hydrogen-bond donors (Lipinski definition) is 1. The molecule has 1 aromatic carbocycles. The highest BCUT2D eigenvalue weighted by Gasteiger charge is 2.35. The molecule has 8 nitrogen and oxygen atoms in total. The number of carbonyl (C=O) groups excluding carboxylic acids is 1. The van der Waals surface area contributed by atoms with Crippen LogP contribution in [0.25, 0.3) is 11.1 Å². The Kier molecular flexibility index (Phi) is 4.99. The fourth-order valence-electron chi connectivity index (χ4n) is 4.93. The number of anilines is 3. The van der Waals surface area contributed by atoms with Gasteiger partial charge in [0.15, 0.2) is 5.82 Å². The van der Waals surface area contributed by atoms with Crippen molar-refractivity contribution >= 4 is 23.2 Å². The van der Waals surface area contributed by atoms with Crippen LogP contribution < -0.4 is 20.3 Å². The maximum atomic E-state index is 14.4. The van der Waals surface area contributed by atoms with Crippen LogP contribution in [-0.4, -0.2) is 41.4 Å². The molecule has 2 bridgehead atoms. The zero-order valence-corrected chi connectivity index (χ0v) is 19.2. The smallest absolute Gasteiger partial charge is 0.259 e. The number of rotatable bonds is 2. The maximum absolute atomic E-state index is 14.4. The SMILES string of the molecule is COc1c2c(nn1C(C)C)N(C)C(=O)c1ccc(F)cc1[C@H]1CCCN1c1cc-2cnc1N. The van der Waals surface area contributed by atoms with Gasteiger partial charge in [0.25, 0.3) is 5.91 Å². The molecule has 33 heavy (non-hydrogen) atoms. The average Bonchev–Trinajstić information content (AvgIpc) is 3.43. The summed E-state index contributed by atoms with van der Waals surface area (Å²) in [4.78, 5) is 21.9. The van der Waals surface area contributed by atoms with Crippen LogP contribution in [0.1, 0.15) is 54.7 Å². The van der Waals surface area contributed by atoms with E-state index in [4.69, 9.17) is 15.6 Å². The average molecular weight is 451 g/mol. The molecule has 0 radical (unpaired) electrons. The van der Waals surface area contributed by atoms with Crippen molar-refractivity contribution in [2.45, 2.75) is 38.8 Å². The number of nitrogens with two attached hydrogens (primary N) is 1. The minimum absolute atomic E-state index is 0.00517. The van der Waals surface area contributed by atoms with Crippen molar-refractivity contribution in [3.05, 3.63) is 47.4 Å². The fourth-order valence-corrected chi connectivity index (χ4v) is 4.93. The van der Waals surface area contributed by atoms with Crippen molar-refractivity contribution in [3.63, 3.8) is 0 Å². The zero-order chi connectivity index (χ0) is 23.4. The van der Waals surface area contributed by atoms with Gasteiger partial charge in [-0.05, 0) is 56.5 Å². The highest BCUT2D eigenvalue weighted by atomic mass is 19.1. The molecule has 2 aliphatic heterocycles. The molecule has 0 unspecified atom stereocenters. The molecule has 1 amide bonds. The molecule has 2 aliphatic rings. The number of halogens is 1. The van der Waals surface area contributed by atoms with Crippen LogP contribution in [0.4, 0.5) is 21.7 Å². The van der Waals surface area contributed by atoms with Gasteiger partial charge in [0.1, 0.15) is 11.6 Å². The van der Waals surface area contributed by atoms with E-state index in [1.807, 2.05) is 19.9 Å². The predicted molar refractivity (Wildman–Crippen MR) is 125 cm³/mol. The van der Waals surface area contributed by atoms with Gasteiger partial charge >= 0.3 is 0 Å². The first-order valence-corrected chi connectivity index (χ1v) is 11.1. The number of amides is 1. The number of nitrogen functional groups attached to an aromatic ring is 1. The first-order chi connectivity index (χ1) is 15.8. The summed E-state index contributed by atoms with van der Waals surface area (Å²) in [5.41, 5.74) is 9.59. The summed E-state index contributed by atoms with van der Waals surface area (Å²) in [5, 5.41) is 4.75. The molecule has 5 rings (SSSR count). The predicted octanol–water partition coefficient (Wildman–Crippen LogP) is 4.19. The van der Waals surface area contributed by atoms with Crippen LogP contribution in [0, 0.1) is 5.82 Å². The second kappa shape index (κ2) is 7.75. The molecule has 1 atom stereocenters. The zero-order valence-electron chi connectivity index (χ0n) is 19.2. The Balaban J connectivity index is 1.86. The lowest BCUT2D eigenvalue weighted by atomic mass is 9.97. The quantitative estimate of drug-likeness (QED) is 0.630. The van der Waals surface area contributed by atoms with Crippen LogP contribution in [0.2, 0.25) is 0 Å². The maximum Gasteiger partial charge on any atom is 0.259 e. The van der Waals surface area contributed by atoms with Gasteiger partial charge in [-0.2, -0.15) is 5.10 Å². The minimum Gasteiger partial charge on any atom is -0.481 e. The van der Waals surface area contributed by atoms with Crippen LogP contribution in [-0.2, 0) is 0 Å². The first-order valence-electron chi connectivity index (χ1n) is 11.1. The topological polar surface area (TPSA) is 89.5 Å². The molecule has 1 saturated heterocycles. The summed E-state index contributed by atoms with van der Waals surface area (Å²) in [5.74, 6) is 0.732. The van der Waals surface area contributed by atoms with E-state index in [-0.39, 0.29) is 23.8 Å². The Morgan fingerprint density at radius 1 is 1.27 bits per heavy atom. The van der Waals surface area contributed by atoms with Crippen molar-refractivity contribution in [3.8, 4) is 17.0 Å². The Hall–Kier alpha value is -3.62. The number of aromatic nitrogens is 3. The van der Waals surface area contributed by atoms with Gasteiger partial charge in [0.05, 0.1) is 30.4 Å². The third-order valence-corrected chi connectivity index (χ3v) is 6.50. The third-order valence-electron chi connectivity index (χ3n) is 6.50. The molecule has 3 aromatic rings. The summed E-state index contributed by atoms with van der Waals surface area (Å²) in [6.45, 7) is 4.72. The molecular weight excluding hydrogens is 423 g/mol. The Bertz CT molecular complexity index is 1250. The molecule has 172 valence electrons. The number of ether oxygens (including phenoxy) is 1. The number of benzene rings is 1. The Morgan fingerprint density at radius 2 is 2.06 bits per heavy atom. The third kappa shape index (κ3) is 3.21. The molecule has 0 spiro atoms. The lowest BCUT2D eigenvalue weighted by molar-refractivity contribution is 0.0990. The number of methoxy groups -OCH3 is 1. The summed E-state index contributed by atoms with van der Waals surface area (Å²) in [6, 6.07) is 6.13. The van der Waals surface area contributed by atoms with E-state index in [1.54, 1.807) is 31.1 Å². The summed E-state index contributed by atoms with van der Waals surface area (Å²) in [6.07, 6.45) is 3.36. The van der Waals surface area contributed by atoms with Crippen LogP contribution in [0.15, 0.2) is 30.5 Å². The second-order valence-electron chi connectivity index (χ2n) is 8.82. The fraction of sp³-hybridized carbons (Fsp3) is 0.375. The van der Waals surface area contributed by atoms with Crippen LogP contribution in [0.5, 0.6) is 5.88 Å². The Labute approximate surface area is 191 Å². The first kappa shape index (κ1) is 21.2. The van der Waals surface area contributed by atoms with E-state index < -0.39 is 0 Å². The highest BCUT2D eigenvalue weighted by molar-refractivity contribution is 6.08. The highest BCUT2D eigenvalue weighted by Crippen LogP contribution is 2.46. The van der Waals surface area contributed by atoms with Crippen molar-refractivity contribution < 1.29 is 13.9 Å². The lowest BCUT2D eigenvalue weighted by Gasteiger charge is -2.29. The monoisotopic (exact) mass is 450 g/mol. The number of fused-ring (bicyclic) bond motifs is 8. The van der Waals surface area contributed by atoms with E-state index in [1.165, 1.54) is 17.0 Å². The van der Waals surface area contributed by atoms with Crippen LogP contribution >= 0.6 is 0 Å². The minimum atomic E-state index is -0.378. The van der Waals surface area contributed by atoms with Gasteiger partial charge < -0.3 is 15.4 Å². The summed E-state index contributed by atoms with van der Waals surface area (Å²) in [7, 11) is 3.27. The molecule has 4 heterocycles. The number of pyridine rings is 1. The summed E-state index contributed by atoms with van der Waals surface area (Å²) >= 11 is 0. The molecular formula is C24H27FN6O2. The summed E-state index contributed by atoms with van der Waals surface area (Å²) < 4.78 is 21.9. The molecule has 9 heteroatoms. The van der Waals surface area contributed by atoms with Gasteiger partial charge in [-0.25, -0.2) is 14.1 Å². The van der Waals surface area contributed by atoms with E-state index >= 15 is 0 Å². The molecule has 0 saturated carbocycles. The van der Waals surface area contributed by atoms with Crippen LogP contribution in [0.3, 0.4) is 0 Å². The molecule has 1 fully saturated rings. The Morgan fingerprint density at radius 3 is 2.79 bits per heavy atom. The molecule has 0 aliphatic carbocycles. The van der Waals surface area contributed by atoms with E-state index in [0.717, 1.165) is 30.6 Å². The van der Waals surface area contributed by atoms with Crippen molar-refractivity contribution in [1.82, 2.24) is 14.8 Å². The standard InChI is InChI=1S/C24H27FN6O2/c1-13(2)31-24(33-4)20-14-10-19(21(26)27-12-14)30-9-5-6-18(30)17-11-15(25)7-8-16(17)23(32)29(3)22(20)28-31/h7-8,10-13,18H,5-6,9H2,1-4H3,(H2,26,27)/t18-/m1/s1. The van der Waals surface area contributed by atoms with Crippen molar-refractivity contribution in [2.75, 3.05) is 36.2 Å². The molecule has 2 N–H and O–H groups in total. The van der Waals surface area contributed by atoms with Crippen molar-refractivity contribution in [1.29, 1.82) is 0 Å². The number of hydrogen-bond acceptors (Lipinski definition) is 6. The van der Waals surface area contributed by atoms with E-state index in [0.29, 0.717) is 34.2 Å². The largest absolute Gasteiger partial charge is 0.481 e.